The SMILES string of the molecule is COc1cc(-c2ccc(C)cc2)nc2c1C(=S)n1cccc1-2. The fraction of sp³-hybridized carbons (Fsp3) is 0.111. The molecule has 3 aromatic rings. The highest BCUT2D eigenvalue weighted by molar-refractivity contribution is 7.80. The van der Waals surface area contributed by atoms with Crippen molar-refractivity contribution in [3.05, 3.63) is 59.8 Å². The summed E-state index contributed by atoms with van der Waals surface area (Å²) in [5.41, 5.74) is 6.02. The summed E-state index contributed by atoms with van der Waals surface area (Å²) < 4.78 is 7.55. The lowest BCUT2D eigenvalue weighted by Gasteiger charge is -2.10. The van der Waals surface area contributed by atoms with Crippen LogP contribution in [0.4, 0.5) is 0 Å². The summed E-state index contributed by atoms with van der Waals surface area (Å²) >= 11 is 5.56. The molecule has 0 atom stereocenters. The van der Waals surface area contributed by atoms with Crippen molar-refractivity contribution < 1.29 is 4.74 Å². The van der Waals surface area contributed by atoms with E-state index in [9.17, 15) is 0 Å². The molecule has 1 aromatic carbocycles. The van der Waals surface area contributed by atoms with E-state index in [0.29, 0.717) is 0 Å². The topological polar surface area (TPSA) is 27.1 Å². The first kappa shape index (κ1) is 13.2. The highest BCUT2D eigenvalue weighted by atomic mass is 32.1. The molecule has 108 valence electrons. The molecule has 0 radical (unpaired) electrons. The van der Waals surface area contributed by atoms with Crippen molar-refractivity contribution in [3.8, 4) is 28.4 Å². The number of hydrogen-bond donors (Lipinski definition) is 0. The second kappa shape index (κ2) is 4.78. The van der Waals surface area contributed by atoms with Crippen LogP contribution in [0.15, 0.2) is 48.7 Å². The van der Waals surface area contributed by atoms with Gasteiger partial charge in [-0.3, -0.25) is 0 Å². The smallest absolute Gasteiger partial charge is 0.133 e. The summed E-state index contributed by atoms with van der Waals surface area (Å²) in [6.07, 6.45) is 1.96. The number of pyridine rings is 1. The molecule has 0 bridgehead atoms. The maximum absolute atomic E-state index is 5.57. The molecule has 3 nitrogen and oxygen atoms in total. The Morgan fingerprint density at radius 1 is 1.14 bits per heavy atom. The van der Waals surface area contributed by atoms with Crippen LogP contribution < -0.4 is 4.74 Å². The van der Waals surface area contributed by atoms with Crippen molar-refractivity contribution in [1.82, 2.24) is 9.55 Å². The minimum Gasteiger partial charge on any atom is -0.496 e. The molecule has 2 aromatic heterocycles. The monoisotopic (exact) mass is 306 g/mol. The lowest BCUT2D eigenvalue weighted by molar-refractivity contribution is 0.414. The lowest BCUT2D eigenvalue weighted by Crippen LogP contribution is -2.05. The van der Waals surface area contributed by atoms with Crippen LogP contribution in [0.1, 0.15) is 11.1 Å². The van der Waals surface area contributed by atoms with E-state index in [4.69, 9.17) is 21.9 Å². The minimum absolute atomic E-state index is 0.745. The van der Waals surface area contributed by atoms with Gasteiger partial charge >= 0.3 is 0 Å². The summed E-state index contributed by atoms with van der Waals surface area (Å²) in [6, 6.07) is 14.3. The molecule has 3 heterocycles. The van der Waals surface area contributed by atoms with Crippen LogP contribution >= 0.6 is 12.2 Å². The number of aromatic nitrogens is 2. The van der Waals surface area contributed by atoms with Crippen molar-refractivity contribution in [2.45, 2.75) is 6.92 Å². The van der Waals surface area contributed by atoms with Gasteiger partial charge in [-0.1, -0.05) is 42.0 Å². The van der Waals surface area contributed by atoms with Gasteiger partial charge in [0.2, 0.25) is 0 Å². The number of rotatable bonds is 2. The van der Waals surface area contributed by atoms with Gasteiger partial charge in [0, 0.05) is 17.8 Å². The number of aryl methyl sites for hydroxylation is 1. The van der Waals surface area contributed by atoms with Gasteiger partial charge in [-0.25, -0.2) is 4.98 Å². The van der Waals surface area contributed by atoms with E-state index >= 15 is 0 Å². The molecule has 4 rings (SSSR count). The van der Waals surface area contributed by atoms with Crippen molar-refractivity contribution in [2.24, 2.45) is 0 Å². The summed E-state index contributed by atoms with van der Waals surface area (Å²) in [6.45, 7) is 2.08. The number of nitrogens with zero attached hydrogens (tertiary/aromatic N) is 2. The van der Waals surface area contributed by atoms with Crippen molar-refractivity contribution in [1.29, 1.82) is 0 Å². The highest BCUT2D eigenvalue weighted by Crippen LogP contribution is 2.39. The molecule has 4 heteroatoms. The predicted octanol–water partition coefficient (Wildman–Crippen LogP) is 4.07. The third-order valence-electron chi connectivity index (χ3n) is 3.97. The average molecular weight is 306 g/mol. The van der Waals surface area contributed by atoms with E-state index in [0.717, 1.165) is 38.9 Å². The molecule has 0 fully saturated rings. The molecule has 0 N–H and O–H groups in total. The van der Waals surface area contributed by atoms with Crippen LogP contribution in [-0.4, -0.2) is 21.6 Å². The molecular weight excluding hydrogens is 292 g/mol. The molecule has 1 aliphatic heterocycles. The molecule has 1 aliphatic rings. The standard InChI is InChI=1S/C18H14N2OS/c1-11-5-7-12(8-6-11)13-10-15(21-2)16-17(19-13)14-4-3-9-20(14)18(16)22/h3-10H,1-2H3. The van der Waals surface area contributed by atoms with E-state index in [1.165, 1.54) is 5.56 Å². The maximum Gasteiger partial charge on any atom is 0.133 e. The fourth-order valence-corrected chi connectivity index (χ4v) is 3.17. The Kier molecular flexibility index (Phi) is 2.87. The Hall–Kier alpha value is -2.46. The van der Waals surface area contributed by atoms with Crippen LogP contribution in [-0.2, 0) is 0 Å². The molecule has 0 aliphatic carbocycles. The second-order valence-electron chi connectivity index (χ2n) is 5.37. The van der Waals surface area contributed by atoms with Gasteiger partial charge < -0.3 is 9.30 Å². The first-order chi connectivity index (χ1) is 10.7. The van der Waals surface area contributed by atoms with Gasteiger partial charge in [-0.15, -0.1) is 0 Å². The van der Waals surface area contributed by atoms with Crippen LogP contribution in [0.3, 0.4) is 0 Å². The van der Waals surface area contributed by atoms with Gasteiger partial charge in [0.05, 0.1) is 24.1 Å². The minimum atomic E-state index is 0.745. The molecule has 0 saturated carbocycles. The number of ether oxygens (including phenoxy) is 1. The number of fused-ring (bicyclic) bond motifs is 3. The van der Waals surface area contributed by atoms with E-state index in [-0.39, 0.29) is 0 Å². The van der Waals surface area contributed by atoms with E-state index < -0.39 is 0 Å². The maximum atomic E-state index is 5.57. The predicted molar refractivity (Wildman–Crippen MR) is 91.5 cm³/mol. The zero-order chi connectivity index (χ0) is 15.3. The molecule has 22 heavy (non-hydrogen) atoms. The third-order valence-corrected chi connectivity index (χ3v) is 4.38. The third kappa shape index (κ3) is 1.81. The Morgan fingerprint density at radius 2 is 1.91 bits per heavy atom. The highest BCUT2D eigenvalue weighted by Gasteiger charge is 2.28. The van der Waals surface area contributed by atoms with E-state index in [1.807, 2.05) is 29.0 Å². The second-order valence-corrected chi connectivity index (χ2v) is 5.75. The van der Waals surface area contributed by atoms with Crippen molar-refractivity contribution in [3.63, 3.8) is 0 Å². The first-order valence-electron chi connectivity index (χ1n) is 7.07. The van der Waals surface area contributed by atoms with Crippen LogP contribution in [0.5, 0.6) is 5.75 Å². The number of benzene rings is 1. The van der Waals surface area contributed by atoms with Gasteiger partial charge in [-0.2, -0.15) is 0 Å². The molecule has 0 saturated heterocycles. The Bertz CT molecular complexity index is 894. The largest absolute Gasteiger partial charge is 0.496 e. The summed E-state index contributed by atoms with van der Waals surface area (Å²) in [7, 11) is 1.67. The molecule has 0 spiro atoms. The van der Waals surface area contributed by atoms with Crippen LogP contribution in [0.2, 0.25) is 0 Å². The zero-order valence-corrected chi connectivity index (χ0v) is 13.1. The zero-order valence-electron chi connectivity index (χ0n) is 12.3. The van der Waals surface area contributed by atoms with Crippen LogP contribution in [0.25, 0.3) is 22.6 Å². The van der Waals surface area contributed by atoms with E-state index in [2.05, 4.69) is 31.2 Å². The molecule has 0 unspecified atom stereocenters. The quantitative estimate of drug-likeness (QED) is 0.522. The van der Waals surface area contributed by atoms with Gasteiger partial charge in [-0.05, 0) is 19.1 Å². The van der Waals surface area contributed by atoms with Gasteiger partial charge in [0.1, 0.15) is 16.4 Å². The Balaban J connectivity index is 1.96. The first-order valence-corrected chi connectivity index (χ1v) is 7.48. The average Bonchev–Trinajstić information content (AvgIpc) is 3.11. The Labute approximate surface area is 134 Å². The van der Waals surface area contributed by atoms with Crippen LogP contribution in [0, 0.1) is 6.92 Å². The van der Waals surface area contributed by atoms with Gasteiger partial charge in [0.25, 0.3) is 0 Å². The summed E-state index contributed by atoms with van der Waals surface area (Å²) in [5.74, 6) is 0.772. The van der Waals surface area contributed by atoms with E-state index in [1.54, 1.807) is 7.11 Å². The molecular formula is C18H14N2OS. The number of methoxy groups -OCH3 is 1. The summed E-state index contributed by atoms with van der Waals surface area (Å²) in [4.78, 5) is 5.58. The number of hydrogen-bond acceptors (Lipinski definition) is 3. The Morgan fingerprint density at radius 3 is 2.64 bits per heavy atom. The van der Waals surface area contributed by atoms with Crippen molar-refractivity contribution >= 4 is 17.2 Å². The van der Waals surface area contributed by atoms with Crippen molar-refractivity contribution in [2.75, 3.05) is 7.11 Å². The molecule has 0 amide bonds. The fourth-order valence-electron chi connectivity index (χ4n) is 2.82. The lowest BCUT2D eigenvalue weighted by atomic mass is 10.1. The summed E-state index contributed by atoms with van der Waals surface area (Å²) in [5, 5.41) is 0. The van der Waals surface area contributed by atoms with Gasteiger partial charge in [0.15, 0.2) is 0 Å². The normalized spacial score (nSPS) is 12.2. The number of thiocarbonyl (C=S) groups is 1.